The first-order valence-corrected chi connectivity index (χ1v) is 10.4. The van der Waals surface area contributed by atoms with Crippen molar-refractivity contribution in [1.82, 2.24) is 4.90 Å². The van der Waals surface area contributed by atoms with Gasteiger partial charge < -0.3 is 20.6 Å². The number of carbonyl (C=O) groups is 1. The van der Waals surface area contributed by atoms with Gasteiger partial charge >= 0.3 is 5.97 Å². The third-order valence-corrected chi connectivity index (χ3v) is 5.66. The van der Waals surface area contributed by atoms with Crippen molar-refractivity contribution in [3.05, 3.63) is 57.5 Å². The maximum absolute atomic E-state index is 15.7. The average Bonchev–Trinajstić information content (AvgIpc) is 2.78. The summed E-state index contributed by atoms with van der Waals surface area (Å²) in [5.41, 5.74) is 8.69. The summed E-state index contributed by atoms with van der Waals surface area (Å²) < 4.78 is 55.9. The number of halogens is 3. The molecule has 0 aliphatic carbocycles. The lowest BCUT2D eigenvalue weighted by molar-refractivity contribution is -0.159. The zero-order valence-corrected chi connectivity index (χ0v) is 17.8. The van der Waals surface area contributed by atoms with E-state index in [1.807, 2.05) is 0 Å². The molecule has 174 valence electrons. The fraction of sp³-hybridized carbons (Fsp3) is 0.304. The van der Waals surface area contributed by atoms with Crippen LogP contribution in [0.4, 0.5) is 24.5 Å². The lowest BCUT2D eigenvalue weighted by Crippen LogP contribution is -2.37. The third kappa shape index (κ3) is 4.13. The molecule has 1 unspecified atom stereocenters. The molecule has 3 aromatic rings. The molecule has 0 spiro atoms. The number of piperidine rings is 1. The Hall–Kier alpha value is -3.53. The number of nitrogens with two attached hydrogens (primary N) is 2. The average molecular weight is 461 g/mol. The molecule has 1 atom stereocenters. The molecule has 33 heavy (non-hydrogen) atoms. The van der Waals surface area contributed by atoms with Gasteiger partial charge in [0.25, 0.3) is 0 Å². The lowest BCUT2D eigenvalue weighted by Gasteiger charge is -2.34. The van der Waals surface area contributed by atoms with E-state index in [-0.39, 0.29) is 17.0 Å². The molecule has 10 heteroatoms. The molecule has 0 amide bonds. The number of fused-ring (bicyclic) bond motifs is 1. The molecule has 2 heterocycles. The summed E-state index contributed by atoms with van der Waals surface area (Å²) in [5, 5.41) is -0.492. The summed E-state index contributed by atoms with van der Waals surface area (Å²) in [4.78, 5) is 26.1. The van der Waals surface area contributed by atoms with Crippen LogP contribution in [0.3, 0.4) is 0 Å². The first-order chi connectivity index (χ1) is 15.7. The van der Waals surface area contributed by atoms with E-state index in [1.165, 1.54) is 12.1 Å². The Morgan fingerprint density at radius 2 is 1.79 bits per heavy atom. The van der Waals surface area contributed by atoms with E-state index >= 15 is 8.78 Å². The van der Waals surface area contributed by atoms with E-state index in [4.69, 9.17) is 20.6 Å². The topological polar surface area (TPSA) is 112 Å². The van der Waals surface area contributed by atoms with Gasteiger partial charge in [0, 0.05) is 31.6 Å². The van der Waals surface area contributed by atoms with E-state index in [0.717, 1.165) is 38.3 Å². The van der Waals surface area contributed by atoms with Crippen LogP contribution in [0.1, 0.15) is 38.0 Å². The number of nitrogens with zero attached hydrogens (tertiary/aromatic N) is 1. The number of hydrogen-bond acceptors (Lipinski definition) is 7. The summed E-state index contributed by atoms with van der Waals surface area (Å²) in [7, 11) is 0. The number of carbonyl (C=O) groups excluding carboxylic acids is 1. The molecule has 1 aliphatic rings. The maximum atomic E-state index is 15.7. The Bertz CT molecular complexity index is 1300. The van der Waals surface area contributed by atoms with Gasteiger partial charge in [-0.3, -0.25) is 14.5 Å². The second kappa shape index (κ2) is 8.78. The minimum Gasteiger partial charge on any atom is -0.453 e. The first-order valence-electron chi connectivity index (χ1n) is 10.4. The molecule has 0 bridgehead atoms. The quantitative estimate of drug-likeness (QED) is 0.445. The summed E-state index contributed by atoms with van der Waals surface area (Å²) >= 11 is 0. The van der Waals surface area contributed by atoms with Crippen molar-refractivity contribution in [2.75, 3.05) is 24.6 Å². The Kier molecular flexibility index (Phi) is 6.03. The second-order valence-corrected chi connectivity index (χ2v) is 7.93. The smallest absolute Gasteiger partial charge is 0.304 e. The van der Waals surface area contributed by atoms with Crippen LogP contribution in [-0.4, -0.2) is 24.0 Å². The number of anilines is 2. The van der Waals surface area contributed by atoms with Gasteiger partial charge in [0.05, 0.1) is 22.3 Å². The van der Waals surface area contributed by atoms with Crippen LogP contribution >= 0.6 is 0 Å². The molecule has 2 aromatic carbocycles. The van der Waals surface area contributed by atoms with Gasteiger partial charge in [0.1, 0.15) is 11.6 Å². The highest BCUT2D eigenvalue weighted by Gasteiger charge is 2.34. The lowest BCUT2D eigenvalue weighted by atomic mass is 10.0. The van der Waals surface area contributed by atoms with Crippen LogP contribution in [0.2, 0.25) is 0 Å². The number of likely N-dealkylation sites (tertiary alicyclic amines) is 1. The van der Waals surface area contributed by atoms with Crippen molar-refractivity contribution in [2.45, 2.75) is 32.4 Å². The van der Waals surface area contributed by atoms with E-state index in [9.17, 15) is 14.0 Å². The van der Waals surface area contributed by atoms with E-state index < -0.39 is 57.3 Å². The number of rotatable bonds is 4. The van der Waals surface area contributed by atoms with Gasteiger partial charge in [-0.25, -0.2) is 13.2 Å². The Balaban J connectivity index is 1.96. The fourth-order valence-corrected chi connectivity index (χ4v) is 4.04. The second-order valence-electron chi connectivity index (χ2n) is 7.93. The molecule has 7 nitrogen and oxygen atoms in total. The molecule has 1 aromatic heterocycles. The Labute approximate surface area is 186 Å². The molecule has 1 aliphatic heterocycles. The highest BCUT2D eigenvalue weighted by molar-refractivity contribution is 5.91. The van der Waals surface area contributed by atoms with Crippen LogP contribution in [0.15, 0.2) is 33.5 Å². The third-order valence-electron chi connectivity index (χ3n) is 5.66. The number of hydrogen-bond donors (Lipinski definition) is 2. The van der Waals surface area contributed by atoms with Crippen molar-refractivity contribution >= 4 is 28.3 Å². The summed E-state index contributed by atoms with van der Waals surface area (Å²) in [6, 6.07) is 4.66. The molecule has 1 fully saturated rings. The standard InChI is InChI=1S/C23H22F3N3O4/c1-11(30)32-23(29-7-3-2-4-8-29)18-19(25)21(28)17-15(31)10-16(33-22(17)20(18)26)12-5-6-14(27)13(24)9-12/h5-6,9-10,23H,2-4,7-8,27-28H2,1H3. The monoisotopic (exact) mass is 461 g/mol. The van der Waals surface area contributed by atoms with Crippen LogP contribution in [0.5, 0.6) is 0 Å². The molecule has 0 radical (unpaired) electrons. The van der Waals surface area contributed by atoms with Gasteiger partial charge in [-0.2, -0.15) is 0 Å². The van der Waals surface area contributed by atoms with Crippen molar-refractivity contribution in [1.29, 1.82) is 0 Å². The van der Waals surface area contributed by atoms with Crippen molar-refractivity contribution in [2.24, 2.45) is 0 Å². The summed E-state index contributed by atoms with van der Waals surface area (Å²) in [6.07, 6.45) is 1.06. The fourth-order valence-electron chi connectivity index (χ4n) is 4.04. The normalized spacial score (nSPS) is 15.5. The van der Waals surface area contributed by atoms with Crippen LogP contribution < -0.4 is 16.9 Å². The van der Waals surface area contributed by atoms with Gasteiger partial charge in [-0.1, -0.05) is 6.42 Å². The zero-order chi connectivity index (χ0) is 23.9. The molecule has 0 saturated carbocycles. The largest absolute Gasteiger partial charge is 0.453 e. The van der Waals surface area contributed by atoms with Crippen molar-refractivity contribution < 1.29 is 27.1 Å². The summed E-state index contributed by atoms with van der Waals surface area (Å²) in [5.74, 6) is -4.08. The van der Waals surface area contributed by atoms with Gasteiger partial charge in [0.15, 0.2) is 28.9 Å². The minimum absolute atomic E-state index is 0.118. The van der Waals surface area contributed by atoms with Crippen LogP contribution in [0.25, 0.3) is 22.3 Å². The SMILES string of the molecule is CC(=O)OC(c1c(F)c(N)c2c(=O)cc(-c3ccc(N)c(F)c3)oc2c1F)N1CCCCC1. The summed E-state index contributed by atoms with van der Waals surface area (Å²) in [6.45, 7) is 2.03. The molecule has 4 N–H and O–H groups in total. The Morgan fingerprint density at radius 1 is 1.09 bits per heavy atom. The highest BCUT2D eigenvalue weighted by Crippen LogP contribution is 2.38. The van der Waals surface area contributed by atoms with Crippen molar-refractivity contribution in [3.63, 3.8) is 0 Å². The zero-order valence-electron chi connectivity index (χ0n) is 17.8. The van der Waals surface area contributed by atoms with E-state index in [2.05, 4.69) is 0 Å². The molecular weight excluding hydrogens is 439 g/mol. The van der Waals surface area contributed by atoms with Crippen molar-refractivity contribution in [3.8, 4) is 11.3 Å². The predicted molar refractivity (Wildman–Crippen MR) is 117 cm³/mol. The molecule has 1 saturated heterocycles. The van der Waals surface area contributed by atoms with Crippen LogP contribution in [0, 0.1) is 17.5 Å². The van der Waals surface area contributed by atoms with E-state index in [0.29, 0.717) is 13.1 Å². The first kappa shape index (κ1) is 22.7. The highest BCUT2D eigenvalue weighted by atomic mass is 19.1. The minimum atomic E-state index is -1.39. The number of nitrogen functional groups attached to an aromatic ring is 2. The molecule has 4 rings (SSSR count). The predicted octanol–water partition coefficient (Wildman–Crippen LogP) is 4.09. The van der Waals surface area contributed by atoms with Gasteiger partial charge in [-0.15, -0.1) is 0 Å². The number of ether oxygens (including phenoxy) is 1. The van der Waals surface area contributed by atoms with Gasteiger partial charge in [-0.05, 0) is 31.0 Å². The Morgan fingerprint density at radius 3 is 2.42 bits per heavy atom. The number of esters is 1. The number of benzene rings is 2. The van der Waals surface area contributed by atoms with Gasteiger partial charge in [0.2, 0.25) is 0 Å². The maximum Gasteiger partial charge on any atom is 0.304 e. The molecular formula is C23H22F3N3O4. The van der Waals surface area contributed by atoms with Crippen LogP contribution in [-0.2, 0) is 9.53 Å². The van der Waals surface area contributed by atoms with E-state index in [1.54, 1.807) is 4.90 Å².